The topological polar surface area (TPSA) is 71.1 Å². The van der Waals surface area contributed by atoms with Crippen LogP contribution in [0.2, 0.25) is 0 Å². The Morgan fingerprint density at radius 3 is 2.56 bits per heavy atom. The van der Waals surface area contributed by atoms with Crippen molar-refractivity contribution in [3.05, 3.63) is 59.7 Å². The molecule has 2 aliphatic rings. The minimum Gasteiger partial charge on any atom is -0.491 e. The monoisotopic (exact) mass is 493 g/mol. The van der Waals surface area contributed by atoms with Gasteiger partial charge >= 0.3 is 0 Å². The molecule has 0 radical (unpaired) electrons. The maximum atomic E-state index is 13.5. The molecule has 1 aliphatic carbocycles. The highest BCUT2D eigenvalue weighted by molar-refractivity contribution is 5.99. The molecule has 1 saturated carbocycles. The van der Waals surface area contributed by atoms with Crippen LogP contribution in [-0.4, -0.2) is 74.2 Å². The summed E-state index contributed by atoms with van der Waals surface area (Å²) in [7, 11) is 3.51. The molecular formula is C29H39N3O4. The SMILES string of the molecule is CO[C@@H]1CN(C)C(=O)c2cc(NC(=O)Cc3ccccc3)ccc2OC[C@@H](C)N(CC2CC2)C[C@H]1C. The number of ether oxygens (including phenoxy) is 2. The first-order valence-electron chi connectivity index (χ1n) is 13.0. The molecule has 1 heterocycles. The molecule has 1 fully saturated rings. The number of carbonyl (C=O) groups excluding carboxylic acids is 2. The van der Waals surface area contributed by atoms with Crippen LogP contribution in [0.4, 0.5) is 5.69 Å². The largest absolute Gasteiger partial charge is 0.491 e. The number of fused-ring (bicyclic) bond motifs is 1. The molecule has 2 aromatic carbocycles. The van der Waals surface area contributed by atoms with Crippen molar-refractivity contribution in [3.8, 4) is 5.75 Å². The lowest BCUT2D eigenvalue weighted by Crippen LogP contribution is -2.47. The van der Waals surface area contributed by atoms with E-state index in [9.17, 15) is 9.59 Å². The smallest absolute Gasteiger partial charge is 0.257 e. The van der Waals surface area contributed by atoms with E-state index in [-0.39, 0.29) is 36.3 Å². The summed E-state index contributed by atoms with van der Waals surface area (Å²) in [6.45, 7) is 7.32. The molecular weight excluding hydrogens is 454 g/mol. The molecule has 0 unspecified atom stereocenters. The van der Waals surface area contributed by atoms with Crippen molar-refractivity contribution in [1.29, 1.82) is 0 Å². The number of methoxy groups -OCH3 is 1. The van der Waals surface area contributed by atoms with Crippen LogP contribution in [0, 0.1) is 11.8 Å². The van der Waals surface area contributed by atoms with Crippen molar-refractivity contribution < 1.29 is 19.1 Å². The number of hydrogen-bond acceptors (Lipinski definition) is 5. The van der Waals surface area contributed by atoms with Gasteiger partial charge in [0.25, 0.3) is 5.91 Å². The first-order chi connectivity index (χ1) is 17.3. The van der Waals surface area contributed by atoms with Gasteiger partial charge in [0.05, 0.1) is 18.1 Å². The summed E-state index contributed by atoms with van der Waals surface area (Å²) in [5, 5.41) is 2.94. The summed E-state index contributed by atoms with van der Waals surface area (Å²) >= 11 is 0. The van der Waals surface area contributed by atoms with E-state index < -0.39 is 0 Å². The molecule has 0 saturated heterocycles. The Bertz CT molecular complexity index is 1040. The predicted octanol–water partition coefficient (Wildman–Crippen LogP) is 4.08. The lowest BCUT2D eigenvalue weighted by atomic mass is 10.0. The second-order valence-corrected chi connectivity index (χ2v) is 10.4. The number of nitrogens with zero attached hydrogens (tertiary/aromatic N) is 2. The van der Waals surface area contributed by atoms with Crippen LogP contribution in [0.25, 0.3) is 0 Å². The number of nitrogens with one attached hydrogen (secondary N) is 1. The van der Waals surface area contributed by atoms with Crippen molar-refractivity contribution in [3.63, 3.8) is 0 Å². The van der Waals surface area contributed by atoms with Crippen LogP contribution in [-0.2, 0) is 16.0 Å². The Hall–Kier alpha value is -2.90. The Morgan fingerprint density at radius 1 is 1.11 bits per heavy atom. The zero-order chi connectivity index (χ0) is 25.7. The van der Waals surface area contributed by atoms with Crippen molar-refractivity contribution >= 4 is 17.5 Å². The van der Waals surface area contributed by atoms with Crippen LogP contribution in [0.3, 0.4) is 0 Å². The highest BCUT2D eigenvalue weighted by atomic mass is 16.5. The van der Waals surface area contributed by atoms with Gasteiger partial charge in [0.15, 0.2) is 0 Å². The van der Waals surface area contributed by atoms with Gasteiger partial charge in [-0.15, -0.1) is 0 Å². The van der Waals surface area contributed by atoms with Crippen LogP contribution in [0.1, 0.15) is 42.6 Å². The lowest BCUT2D eigenvalue weighted by Gasteiger charge is -2.36. The first-order valence-corrected chi connectivity index (χ1v) is 13.0. The Morgan fingerprint density at radius 2 is 1.86 bits per heavy atom. The van der Waals surface area contributed by atoms with E-state index in [1.54, 1.807) is 37.3 Å². The molecule has 0 bridgehead atoms. The maximum Gasteiger partial charge on any atom is 0.257 e. The molecule has 0 aromatic heterocycles. The average Bonchev–Trinajstić information content (AvgIpc) is 3.69. The number of hydrogen-bond donors (Lipinski definition) is 1. The summed E-state index contributed by atoms with van der Waals surface area (Å²) < 4.78 is 12.1. The molecule has 3 atom stereocenters. The maximum absolute atomic E-state index is 13.5. The average molecular weight is 494 g/mol. The number of carbonyl (C=O) groups is 2. The third kappa shape index (κ3) is 6.86. The molecule has 7 heteroatoms. The van der Waals surface area contributed by atoms with E-state index in [0.29, 0.717) is 30.2 Å². The van der Waals surface area contributed by atoms with Gasteiger partial charge in [-0.25, -0.2) is 0 Å². The highest BCUT2D eigenvalue weighted by Gasteiger charge is 2.31. The van der Waals surface area contributed by atoms with Gasteiger partial charge < -0.3 is 19.7 Å². The molecule has 7 nitrogen and oxygen atoms in total. The molecule has 4 rings (SSSR count). The summed E-state index contributed by atoms with van der Waals surface area (Å²) in [5.74, 6) is 1.28. The molecule has 36 heavy (non-hydrogen) atoms. The van der Waals surface area contributed by atoms with Gasteiger partial charge in [-0.05, 0) is 55.4 Å². The quantitative estimate of drug-likeness (QED) is 0.657. The van der Waals surface area contributed by atoms with E-state index in [2.05, 4.69) is 24.1 Å². The van der Waals surface area contributed by atoms with Gasteiger partial charge in [0.1, 0.15) is 12.4 Å². The fourth-order valence-corrected chi connectivity index (χ4v) is 4.80. The zero-order valence-electron chi connectivity index (χ0n) is 21.9. The number of rotatable bonds is 6. The van der Waals surface area contributed by atoms with Gasteiger partial charge in [-0.2, -0.15) is 0 Å². The normalized spacial score (nSPS) is 23.7. The Kier molecular flexibility index (Phi) is 8.64. The van der Waals surface area contributed by atoms with Gasteiger partial charge in [0, 0.05) is 45.5 Å². The van der Waals surface area contributed by atoms with Gasteiger partial charge in [-0.3, -0.25) is 14.5 Å². The number of likely N-dealkylation sites (N-methyl/N-ethyl adjacent to an activating group) is 1. The fraction of sp³-hybridized carbons (Fsp3) is 0.517. The van der Waals surface area contributed by atoms with Crippen molar-refractivity contribution in [2.45, 2.75) is 45.3 Å². The third-order valence-electron chi connectivity index (χ3n) is 7.25. The molecule has 1 aliphatic heterocycles. The van der Waals surface area contributed by atoms with E-state index in [1.807, 2.05) is 30.3 Å². The summed E-state index contributed by atoms with van der Waals surface area (Å²) in [4.78, 5) is 30.4. The second kappa shape index (κ2) is 11.9. The molecule has 1 N–H and O–H groups in total. The highest BCUT2D eigenvalue weighted by Crippen LogP contribution is 2.32. The lowest BCUT2D eigenvalue weighted by molar-refractivity contribution is -0.115. The van der Waals surface area contributed by atoms with Crippen LogP contribution in [0.15, 0.2) is 48.5 Å². The Balaban J connectivity index is 1.56. The summed E-state index contributed by atoms with van der Waals surface area (Å²) in [5.41, 5.74) is 1.95. The molecule has 194 valence electrons. The Labute approximate surface area is 214 Å². The molecule has 2 aromatic rings. The third-order valence-corrected chi connectivity index (χ3v) is 7.25. The minimum atomic E-state index is -0.151. The molecule has 2 amide bonds. The first kappa shape index (κ1) is 26.2. The fourth-order valence-electron chi connectivity index (χ4n) is 4.80. The van der Waals surface area contributed by atoms with Crippen LogP contribution in [0.5, 0.6) is 5.75 Å². The van der Waals surface area contributed by atoms with Crippen molar-refractivity contribution in [2.75, 3.05) is 45.7 Å². The number of anilines is 1. The van der Waals surface area contributed by atoms with Crippen molar-refractivity contribution in [2.24, 2.45) is 11.8 Å². The van der Waals surface area contributed by atoms with Gasteiger partial charge in [-0.1, -0.05) is 37.3 Å². The predicted molar refractivity (Wildman–Crippen MR) is 141 cm³/mol. The van der Waals surface area contributed by atoms with Crippen molar-refractivity contribution in [1.82, 2.24) is 9.80 Å². The van der Waals surface area contributed by atoms with E-state index in [0.717, 1.165) is 24.6 Å². The van der Waals surface area contributed by atoms with E-state index >= 15 is 0 Å². The zero-order valence-corrected chi connectivity index (χ0v) is 21.9. The molecule has 0 spiro atoms. The van der Waals surface area contributed by atoms with Crippen LogP contribution < -0.4 is 10.1 Å². The van der Waals surface area contributed by atoms with Gasteiger partial charge in [0.2, 0.25) is 5.91 Å². The van der Waals surface area contributed by atoms with Crippen LogP contribution >= 0.6 is 0 Å². The van der Waals surface area contributed by atoms with E-state index in [4.69, 9.17) is 9.47 Å². The second-order valence-electron chi connectivity index (χ2n) is 10.4. The minimum absolute atomic E-state index is 0.0783. The summed E-state index contributed by atoms with van der Waals surface area (Å²) in [6.07, 6.45) is 2.78. The number of amides is 2. The summed E-state index contributed by atoms with van der Waals surface area (Å²) in [6, 6.07) is 15.1. The standard InChI is InChI=1S/C29H39N3O4/c1-20-16-32(17-23-10-11-23)21(2)19-36-26-13-12-24(30-28(33)14-22-8-6-5-7-9-22)15-25(26)29(34)31(3)18-27(20)35-4/h5-9,12-13,15,20-21,23,27H,10-11,14,16-19H2,1-4H3,(H,30,33)/t20-,21-,27-/m1/s1. The van der Waals surface area contributed by atoms with E-state index in [1.165, 1.54) is 12.8 Å². The number of benzene rings is 2.